The van der Waals surface area contributed by atoms with Crippen molar-refractivity contribution in [2.24, 2.45) is 5.73 Å². The van der Waals surface area contributed by atoms with Gasteiger partial charge in [-0.3, -0.25) is 9.59 Å². The Hall–Kier alpha value is -3.38. The zero-order valence-corrected chi connectivity index (χ0v) is 19.1. The highest BCUT2D eigenvalue weighted by Crippen LogP contribution is 2.34. The lowest BCUT2D eigenvalue weighted by Crippen LogP contribution is -2.16. The van der Waals surface area contributed by atoms with Gasteiger partial charge in [0.15, 0.2) is 0 Å². The number of nitrogens with one attached hydrogen (secondary N) is 1. The maximum atomic E-state index is 12.5. The number of methoxy groups -OCH3 is 1. The highest BCUT2D eigenvalue weighted by molar-refractivity contribution is 7.99. The van der Waals surface area contributed by atoms with Gasteiger partial charge in [-0.05, 0) is 31.5 Å². The molecule has 168 valence electrons. The van der Waals surface area contributed by atoms with Crippen molar-refractivity contribution in [2.45, 2.75) is 19.1 Å². The van der Waals surface area contributed by atoms with Crippen molar-refractivity contribution < 1.29 is 28.3 Å². The number of carbonyl (C=O) groups is 3. The summed E-state index contributed by atoms with van der Waals surface area (Å²) in [6.45, 7) is 3.38. The number of thiophene rings is 1. The van der Waals surface area contributed by atoms with Crippen molar-refractivity contribution >= 4 is 45.9 Å². The fourth-order valence-electron chi connectivity index (χ4n) is 2.77. The second-order valence-corrected chi connectivity index (χ2v) is 8.20. The molecule has 2 amide bonds. The van der Waals surface area contributed by atoms with E-state index in [1.807, 2.05) is 12.1 Å². The van der Waals surface area contributed by atoms with Gasteiger partial charge in [0.05, 0.1) is 35.5 Å². The minimum Gasteiger partial charge on any atom is -0.496 e. The maximum absolute atomic E-state index is 12.5. The smallest absolute Gasteiger partial charge is 0.341 e. The molecule has 3 aromatic rings. The predicted octanol–water partition coefficient (Wildman–Crippen LogP) is 3.12. The average molecular weight is 477 g/mol. The van der Waals surface area contributed by atoms with Crippen LogP contribution in [0.3, 0.4) is 0 Å². The van der Waals surface area contributed by atoms with Gasteiger partial charge < -0.3 is 24.9 Å². The quantitative estimate of drug-likeness (QED) is 0.351. The number of nitrogens with two attached hydrogens (primary N) is 1. The lowest BCUT2D eigenvalue weighted by atomic mass is 10.1. The summed E-state index contributed by atoms with van der Waals surface area (Å²) < 4.78 is 15.9. The Labute approximate surface area is 191 Å². The third kappa shape index (κ3) is 5.08. The molecule has 0 spiro atoms. The van der Waals surface area contributed by atoms with Crippen molar-refractivity contribution in [1.29, 1.82) is 0 Å². The van der Waals surface area contributed by atoms with Crippen molar-refractivity contribution in [3.05, 3.63) is 40.3 Å². The van der Waals surface area contributed by atoms with Crippen LogP contribution in [0.15, 0.2) is 33.9 Å². The minimum absolute atomic E-state index is 0.0708. The molecule has 32 heavy (non-hydrogen) atoms. The van der Waals surface area contributed by atoms with Gasteiger partial charge in [0, 0.05) is 0 Å². The monoisotopic (exact) mass is 476 g/mol. The van der Waals surface area contributed by atoms with Gasteiger partial charge in [-0.2, -0.15) is 0 Å². The molecule has 0 saturated heterocycles. The molecule has 0 aliphatic rings. The van der Waals surface area contributed by atoms with E-state index in [0.717, 1.165) is 23.1 Å². The van der Waals surface area contributed by atoms with E-state index in [4.69, 9.17) is 19.6 Å². The summed E-state index contributed by atoms with van der Waals surface area (Å²) in [6, 6.07) is 7.18. The summed E-state index contributed by atoms with van der Waals surface area (Å²) in [5, 5.41) is 10.9. The van der Waals surface area contributed by atoms with Crippen LogP contribution in [-0.2, 0) is 9.53 Å². The summed E-state index contributed by atoms with van der Waals surface area (Å²) in [5.41, 5.74) is 6.48. The first kappa shape index (κ1) is 23.3. The van der Waals surface area contributed by atoms with Crippen LogP contribution in [0, 0.1) is 6.92 Å². The zero-order chi connectivity index (χ0) is 23.3. The number of anilines is 1. The van der Waals surface area contributed by atoms with Gasteiger partial charge in [-0.25, -0.2) is 4.79 Å². The number of benzene rings is 1. The van der Waals surface area contributed by atoms with Crippen LogP contribution >= 0.6 is 23.1 Å². The van der Waals surface area contributed by atoms with E-state index >= 15 is 0 Å². The number of hydrogen-bond donors (Lipinski definition) is 2. The van der Waals surface area contributed by atoms with Gasteiger partial charge in [0.25, 0.3) is 17.0 Å². The molecule has 0 bridgehead atoms. The molecule has 0 radical (unpaired) electrons. The van der Waals surface area contributed by atoms with E-state index in [-0.39, 0.29) is 38.9 Å². The first-order chi connectivity index (χ1) is 15.3. The third-order valence-corrected chi connectivity index (χ3v) is 6.21. The first-order valence-corrected chi connectivity index (χ1v) is 11.2. The molecule has 0 saturated carbocycles. The number of para-hydroxylation sites is 1. The molecule has 0 aliphatic heterocycles. The molecule has 0 unspecified atom stereocenters. The zero-order valence-electron chi connectivity index (χ0n) is 17.5. The highest BCUT2D eigenvalue weighted by Gasteiger charge is 2.26. The largest absolute Gasteiger partial charge is 0.496 e. The van der Waals surface area contributed by atoms with Crippen LogP contribution in [0.4, 0.5) is 5.00 Å². The number of ether oxygens (including phenoxy) is 2. The molecule has 2 aromatic heterocycles. The topological polar surface area (TPSA) is 147 Å². The fourth-order valence-corrected chi connectivity index (χ4v) is 4.40. The molecule has 12 heteroatoms. The second-order valence-electron chi connectivity index (χ2n) is 6.26. The van der Waals surface area contributed by atoms with Crippen LogP contribution in [0.2, 0.25) is 0 Å². The molecule has 0 atom stereocenters. The Balaban J connectivity index is 1.71. The second kappa shape index (κ2) is 10.3. The Bertz CT molecular complexity index is 1160. The molecule has 3 rings (SSSR count). The van der Waals surface area contributed by atoms with Gasteiger partial charge in [-0.1, -0.05) is 23.9 Å². The number of hydrogen-bond acceptors (Lipinski definition) is 10. The van der Waals surface area contributed by atoms with Crippen molar-refractivity contribution in [3.8, 4) is 17.2 Å². The number of rotatable bonds is 9. The van der Waals surface area contributed by atoms with Gasteiger partial charge in [-0.15, -0.1) is 21.5 Å². The van der Waals surface area contributed by atoms with Gasteiger partial charge >= 0.3 is 5.97 Å². The van der Waals surface area contributed by atoms with Crippen molar-refractivity contribution in [2.75, 3.05) is 24.8 Å². The number of thioether (sulfide) groups is 1. The molecular formula is C20H20N4O6S2. The van der Waals surface area contributed by atoms with Crippen LogP contribution in [-0.4, -0.2) is 47.5 Å². The summed E-state index contributed by atoms with van der Waals surface area (Å²) in [5.74, 6) is -1.00. The van der Waals surface area contributed by atoms with E-state index in [0.29, 0.717) is 16.9 Å². The third-order valence-electron chi connectivity index (χ3n) is 4.17. The van der Waals surface area contributed by atoms with Gasteiger partial charge in [0.2, 0.25) is 5.91 Å². The normalized spacial score (nSPS) is 10.6. The molecule has 0 aliphatic carbocycles. The lowest BCUT2D eigenvalue weighted by molar-refractivity contribution is -0.113. The Morgan fingerprint density at radius 2 is 2.00 bits per heavy atom. The number of amides is 2. The van der Waals surface area contributed by atoms with Crippen LogP contribution in [0.25, 0.3) is 11.5 Å². The molecule has 3 N–H and O–H groups in total. The predicted molar refractivity (Wildman–Crippen MR) is 119 cm³/mol. The minimum atomic E-state index is -0.692. The fraction of sp³-hybridized carbons (Fsp3) is 0.250. The number of primary amides is 1. The van der Waals surface area contributed by atoms with Crippen LogP contribution < -0.4 is 15.8 Å². The number of esters is 1. The molecule has 0 fully saturated rings. The summed E-state index contributed by atoms with van der Waals surface area (Å²) in [4.78, 5) is 36.6. The summed E-state index contributed by atoms with van der Waals surface area (Å²) >= 11 is 1.94. The summed E-state index contributed by atoms with van der Waals surface area (Å²) in [7, 11) is 1.54. The molecule has 1 aromatic carbocycles. The number of carbonyl (C=O) groups excluding carboxylic acids is 3. The SMILES string of the molecule is CCOC(=O)c1c(NC(=O)CSc2nnc(-c3ccccc3OC)o2)sc(C(N)=O)c1C. The van der Waals surface area contributed by atoms with E-state index in [1.165, 1.54) is 7.11 Å². The lowest BCUT2D eigenvalue weighted by Gasteiger charge is -2.06. The average Bonchev–Trinajstić information content (AvgIpc) is 3.37. The molecule has 2 heterocycles. The van der Waals surface area contributed by atoms with Crippen LogP contribution in [0.5, 0.6) is 5.75 Å². The molecular weight excluding hydrogens is 456 g/mol. The Kier molecular flexibility index (Phi) is 7.49. The van der Waals surface area contributed by atoms with E-state index < -0.39 is 17.8 Å². The first-order valence-electron chi connectivity index (χ1n) is 9.35. The summed E-state index contributed by atoms with van der Waals surface area (Å²) in [6.07, 6.45) is 0. The van der Waals surface area contributed by atoms with E-state index in [2.05, 4.69) is 15.5 Å². The van der Waals surface area contributed by atoms with E-state index in [1.54, 1.807) is 26.0 Å². The van der Waals surface area contributed by atoms with Crippen molar-refractivity contribution in [1.82, 2.24) is 10.2 Å². The Morgan fingerprint density at radius 1 is 1.25 bits per heavy atom. The highest BCUT2D eigenvalue weighted by atomic mass is 32.2. The van der Waals surface area contributed by atoms with Crippen LogP contribution in [0.1, 0.15) is 32.5 Å². The standard InChI is InChI=1S/C20H20N4O6S2/c1-4-29-19(27)14-10(2)15(16(21)26)32-18(14)22-13(25)9-31-20-24-23-17(30-20)11-7-5-6-8-12(11)28-3/h5-8H,4,9H2,1-3H3,(H2,21,26)(H,22,25). The molecule has 10 nitrogen and oxygen atoms in total. The number of aromatic nitrogens is 2. The van der Waals surface area contributed by atoms with E-state index in [9.17, 15) is 14.4 Å². The van der Waals surface area contributed by atoms with Crippen molar-refractivity contribution in [3.63, 3.8) is 0 Å². The maximum Gasteiger partial charge on any atom is 0.341 e. The Morgan fingerprint density at radius 3 is 2.69 bits per heavy atom. The number of nitrogens with zero attached hydrogens (tertiary/aromatic N) is 2. The van der Waals surface area contributed by atoms with Gasteiger partial charge in [0.1, 0.15) is 10.8 Å².